The third-order valence-corrected chi connectivity index (χ3v) is 3.81. The lowest BCUT2D eigenvalue weighted by atomic mass is 10.2. The molecule has 0 unspecified atom stereocenters. The topological polar surface area (TPSA) is 29.1 Å². The fraction of sp³-hybridized carbons (Fsp3) is 0.188. The van der Waals surface area contributed by atoms with Crippen LogP contribution < -0.4 is 5.32 Å². The zero-order valence-electron chi connectivity index (χ0n) is 11.1. The number of amides is 1. The normalized spacial score (nSPS) is 10.2. The van der Waals surface area contributed by atoms with Crippen LogP contribution in [-0.2, 0) is 10.5 Å². The summed E-state index contributed by atoms with van der Waals surface area (Å²) in [6.07, 6.45) is 0. The van der Waals surface area contributed by atoms with Crippen molar-refractivity contribution in [3.63, 3.8) is 0 Å². The van der Waals surface area contributed by atoms with E-state index < -0.39 is 0 Å². The molecule has 0 aliphatic heterocycles. The molecule has 0 spiro atoms. The Balaban J connectivity index is 2.14. The van der Waals surface area contributed by atoms with Crippen molar-refractivity contribution in [3.8, 4) is 0 Å². The van der Waals surface area contributed by atoms with Gasteiger partial charge in [-0.3, -0.25) is 4.79 Å². The van der Waals surface area contributed by atoms with E-state index in [9.17, 15) is 4.79 Å². The van der Waals surface area contributed by atoms with E-state index in [2.05, 4.69) is 30.4 Å². The summed E-state index contributed by atoms with van der Waals surface area (Å²) >= 11 is 1.74. The van der Waals surface area contributed by atoms with Crippen LogP contribution in [0, 0.1) is 6.92 Å². The van der Waals surface area contributed by atoms with Gasteiger partial charge in [-0.15, -0.1) is 11.8 Å². The van der Waals surface area contributed by atoms with Gasteiger partial charge >= 0.3 is 0 Å². The molecule has 0 radical (unpaired) electrons. The SMILES string of the molecule is CC(=O)Nc1ccc(C)cc1SCc1ccccc1. The van der Waals surface area contributed by atoms with Gasteiger partial charge in [0.05, 0.1) is 5.69 Å². The number of thioether (sulfide) groups is 1. The molecule has 0 atom stereocenters. The van der Waals surface area contributed by atoms with Crippen molar-refractivity contribution in [2.45, 2.75) is 24.5 Å². The molecular formula is C16H17NOS. The number of nitrogens with one attached hydrogen (secondary N) is 1. The van der Waals surface area contributed by atoms with Gasteiger partial charge in [-0.25, -0.2) is 0 Å². The van der Waals surface area contributed by atoms with Crippen LogP contribution in [-0.4, -0.2) is 5.91 Å². The van der Waals surface area contributed by atoms with E-state index in [1.54, 1.807) is 11.8 Å². The Morgan fingerprint density at radius 1 is 1.16 bits per heavy atom. The Labute approximate surface area is 118 Å². The second-order valence-corrected chi connectivity index (χ2v) is 5.47. The van der Waals surface area contributed by atoms with E-state index in [0.717, 1.165) is 16.3 Å². The molecule has 3 heteroatoms. The number of carbonyl (C=O) groups excluding carboxylic acids is 1. The van der Waals surface area contributed by atoms with Crippen LogP contribution >= 0.6 is 11.8 Å². The number of carbonyl (C=O) groups is 1. The molecule has 2 rings (SSSR count). The molecule has 1 amide bonds. The third-order valence-electron chi connectivity index (χ3n) is 2.68. The molecule has 1 N–H and O–H groups in total. The number of rotatable bonds is 4. The Bertz CT molecular complexity index is 566. The first-order chi connectivity index (χ1) is 9.15. The highest BCUT2D eigenvalue weighted by Gasteiger charge is 2.05. The first-order valence-electron chi connectivity index (χ1n) is 6.20. The van der Waals surface area contributed by atoms with Gasteiger partial charge in [0.15, 0.2) is 0 Å². The minimum absolute atomic E-state index is 0.0367. The predicted octanol–water partition coefficient (Wildman–Crippen LogP) is 4.25. The molecule has 0 saturated carbocycles. The summed E-state index contributed by atoms with van der Waals surface area (Å²) in [4.78, 5) is 12.3. The summed E-state index contributed by atoms with van der Waals surface area (Å²) in [6.45, 7) is 3.59. The minimum Gasteiger partial charge on any atom is -0.325 e. The molecule has 0 fully saturated rings. The average molecular weight is 271 g/mol. The molecule has 2 aromatic carbocycles. The third kappa shape index (κ3) is 4.14. The monoisotopic (exact) mass is 271 g/mol. The standard InChI is InChI=1S/C16H17NOS/c1-12-8-9-15(17-13(2)18)16(10-12)19-11-14-6-4-3-5-7-14/h3-10H,11H2,1-2H3,(H,17,18). The van der Waals surface area contributed by atoms with Gasteiger partial charge in [-0.1, -0.05) is 36.4 Å². The summed E-state index contributed by atoms with van der Waals surface area (Å²) in [5.74, 6) is 0.863. The fourth-order valence-electron chi connectivity index (χ4n) is 1.78. The van der Waals surface area contributed by atoms with Crippen LogP contribution in [0.2, 0.25) is 0 Å². The van der Waals surface area contributed by atoms with Crippen LogP contribution in [0.4, 0.5) is 5.69 Å². The average Bonchev–Trinajstić information content (AvgIpc) is 2.40. The lowest BCUT2D eigenvalue weighted by Gasteiger charge is -2.10. The number of aryl methyl sites for hydroxylation is 1. The summed E-state index contributed by atoms with van der Waals surface area (Å²) < 4.78 is 0. The zero-order chi connectivity index (χ0) is 13.7. The second kappa shape index (κ2) is 6.43. The largest absolute Gasteiger partial charge is 0.325 e. The van der Waals surface area contributed by atoms with Crippen molar-refractivity contribution in [1.29, 1.82) is 0 Å². The lowest BCUT2D eigenvalue weighted by Crippen LogP contribution is -2.06. The number of anilines is 1. The molecule has 0 bridgehead atoms. The maximum Gasteiger partial charge on any atom is 0.221 e. The highest BCUT2D eigenvalue weighted by molar-refractivity contribution is 7.98. The lowest BCUT2D eigenvalue weighted by molar-refractivity contribution is -0.114. The zero-order valence-corrected chi connectivity index (χ0v) is 12.0. The summed E-state index contributed by atoms with van der Waals surface area (Å²) in [7, 11) is 0. The van der Waals surface area contributed by atoms with Gasteiger partial charge in [0, 0.05) is 17.6 Å². The van der Waals surface area contributed by atoms with Gasteiger partial charge < -0.3 is 5.32 Å². The van der Waals surface area contributed by atoms with Crippen LogP contribution in [0.15, 0.2) is 53.4 Å². The molecule has 0 aliphatic rings. The maximum atomic E-state index is 11.2. The van der Waals surface area contributed by atoms with Gasteiger partial charge in [-0.05, 0) is 30.2 Å². The first-order valence-corrected chi connectivity index (χ1v) is 7.18. The van der Waals surface area contributed by atoms with Gasteiger partial charge in [0.2, 0.25) is 5.91 Å². The molecule has 0 saturated heterocycles. The van der Waals surface area contributed by atoms with E-state index in [0.29, 0.717) is 0 Å². The summed E-state index contributed by atoms with van der Waals surface area (Å²) in [5, 5.41) is 2.88. The summed E-state index contributed by atoms with van der Waals surface area (Å²) in [5.41, 5.74) is 3.37. The van der Waals surface area contributed by atoms with Crippen LogP contribution in [0.5, 0.6) is 0 Å². The van der Waals surface area contributed by atoms with Crippen molar-refractivity contribution < 1.29 is 4.79 Å². The van der Waals surface area contributed by atoms with Crippen LogP contribution in [0.25, 0.3) is 0 Å². The Morgan fingerprint density at radius 2 is 1.89 bits per heavy atom. The van der Waals surface area contributed by atoms with Gasteiger partial charge in [-0.2, -0.15) is 0 Å². The van der Waals surface area contributed by atoms with E-state index in [1.807, 2.05) is 30.3 Å². The molecule has 19 heavy (non-hydrogen) atoms. The quantitative estimate of drug-likeness (QED) is 0.842. The molecular weight excluding hydrogens is 254 g/mol. The van der Waals surface area contributed by atoms with Crippen molar-refractivity contribution in [2.24, 2.45) is 0 Å². The van der Waals surface area contributed by atoms with E-state index in [4.69, 9.17) is 0 Å². The molecule has 0 aliphatic carbocycles. The van der Waals surface area contributed by atoms with Gasteiger partial charge in [0.25, 0.3) is 0 Å². The highest BCUT2D eigenvalue weighted by Crippen LogP contribution is 2.30. The molecule has 2 nitrogen and oxygen atoms in total. The van der Waals surface area contributed by atoms with Crippen molar-refractivity contribution >= 4 is 23.4 Å². The Morgan fingerprint density at radius 3 is 2.58 bits per heavy atom. The highest BCUT2D eigenvalue weighted by atomic mass is 32.2. The van der Waals surface area contributed by atoms with Crippen molar-refractivity contribution in [3.05, 3.63) is 59.7 Å². The smallest absolute Gasteiger partial charge is 0.221 e. The fourth-order valence-corrected chi connectivity index (χ4v) is 2.84. The van der Waals surface area contributed by atoms with E-state index >= 15 is 0 Å². The molecule has 2 aromatic rings. The second-order valence-electron chi connectivity index (χ2n) is 4.46. The number of benzene rings is 2. The maximum absolute atomic E-state index is 11.2. The molecule has 0 aromatic heterocycles. The van der Waals surface area contributed by atoms with Crippen molar-refractivity contribution in [2.75, 3.05) is 5.32 Å². The first kappa shape index (κ1) is 13.7. The molecule has 98 valence electrons. The predicted molar refractivity (Wildman–Crippen MR) is 81.5 cm³/mol. The van der Waals surface area contributed by atoms with E-state index in [1.165, 1.54) is 18.1 Å². The molecule has 0 heterocycles. The van der Waals surface area contributed by atoms with E-state index in [-0.39, 0.29) is 5.91 Å². The summed E-state index contributed by atoms with van der Waals surface area (Å²) in [6, 6.07) is 16.4. The number of hydrogen-bond acceptors (Lipinski definition) is 2. The van der Waals surface area contributed by atoms with Crippen molar-refractivity contribution in [1.82, 2.24) is 0 Å². The van der Waals surface area contributed by atoms with Crippen LogP contribution in [0.3, 0.4) is 0 Å². The van der Waals surface area contributed by atoms with Crippen LogP contribution in [0.1, 0.15) is 18.1 Å². The Kier molecular flexibility index (Phi) is 4.63. The minimum atomic E-state index is -0.0367. The number of hydrogen-bond donors (Lipinski definition) is 1. The Hall–Kier alpha value is -1.74. The van der Waals surface area contributed by atoms with Gasteiger partial charge in [0.1, 0.15) is 0 Å².